The summed E-state index contributed by atoms with van der Waals surface area (Å²) in [5, 5.41) is 2.95. The van der Waals surface area contributed by atoms with Crippen LogP contribution in [0.3, 0.4) is 0 Å². The number of hydrogen-bond acceptors (Lipinski definition) is 4. The van der Waals surface area contributed by atoms with Crippen molar-refractivity contribution in [3.05, 3.63) is 95.3 Å². The van der Waals surface area contributed by atoms with Crippen molar-refractivity contribution < 1.29 is 17.6 Å². The van der Waals surface area contributed by atoms with Crippen molar-refractivity contribution in [3.63, 3.8) is 0 Å². The fourth-order valence-corrected chi connectivity index (χ4v) is 4.44. The first-order valence-corrected chi connectivity index (χ1v) is 12.1. The number of nitrogens with one attached hydrogen (secondary N) is 2. The fraction of sp³-hybridized carbons (Fsp3) is 0.240. The summed E-state index contributed by atoms with van der Waals surface area (Å²) < 4.78 is 40.3. The molecule has 3 aromatic rings. The van der Waals surface area contributed by atoms with Crippen molar-refractivity contribution in [2.45, 2.75) is 24.3 Å². The van der Waals surface area contributed by atoms with Crippen LogP contribution in [0.15, 0.2) is 77.7 Å². The van der Waals surface area contributed by atoms with Crippen LogP contribution < -0.4 is 10.0 Å². The average Bonchev–Trinajstić information content (AvgIpc) is 2.80. The van der Waals surface area contributed by atoms with Crippen LogP contribution in [-0.2, 0) is 16.4 Å². The molecule has 0 saturated heterocycles. The molecule has 0 aliphatic rings. The molecule has 1 unspecified atom stereocenters. The van der Waals surface area contributed by atoms with Gasteiger partial charge in [-0.1, -0.05) is 31.2 Å². The van der Waals surface area contributed by atoms with Crippen molar-refractivity contribution in [3.8, 4) is 0 Å². The molecule has 0 heterocycles. The number of carbonyl (C=O) groups is 1. The highest BCUT2D eigenvalue weighted by molar-refractivity contribution is 7.92. The molecule has 6 nitrogen and oxygen atoms in total. The molecule has 3 rings (SSSR count). The molecule has 0 spiro atoms. The molecule has 0 aromatic heterocycles. The van der Waals surface area contributed by atoms with E-state index in [1.807, 2.05) is 14.1 Å². The molecule has 0 fully saturated rings. The Morgan fingerprint density at radius 1 is 0.939 bits per heavy atom. The summed E-state index contributed by atoms with van der Waals surface area (Å²) >= 11 is 0. The summed E-state index contributed by atoms with van der Waals surface area (Å²) in [6.07, 6.45) is 0.972. The Labute approximate surface area is 194 Å². The summed E-state index contributed by atoms with van der Waals surface area (Å²) in [4.78, 5) is 14.7. The topological polar surface area (TPSA) is 78.5 Å². The lowest BCUT2D eigenvalue weighted by atomic mass is 10.0. The minimum atomic E-state index is -3.85. The Balaban J connectivity index is 1.63. The average molecular weight is 470 g/mol. The van der Waals surface area contributed by atoms with E-state index in [0.717, 1.165) is 24.1 Å². The van der Waals surface area contributed by atoms with Crippen LogP contribution in [0.1, 0.15) is 34.5 Å². The zero-order valence-electron chi connectivity index (χ0n) is 18.9. The molecule has 3 aromatic carbocycles. The van der Waals surface area contributed by atoms with Gasteiger partial charge in [-0.05, 0) is 80.2 Å². The second-order valence-electron chi connectivity index (χ2n) is 7.92. The number of sulfonamides is 1. The number of anilines is 1. The first-order valence-electron chi connectivity index (χ1n) is 10.6. The monoisotopic (exact) mass is 469 g/mol. The largest absolute Gasteiger partial charge is 0.350 e. The Hall–Kier alpha value is -3.23. The van der Waals surface area contributed by atoms with E-state index in [1.165, 1.54) is 29.8 Å². The van der Waals surface area contributed by atoms with E-state index in [0.29, 0.717) is 17.8 Å². The number of hydrogen-bond donors (Lipinski definition) is 2. The number of benzene rings is 3. The fourth-order valence-electron chi connectivity index (χ4n) is 3.38. The van der Waals surface area contributed by atoms with Gasteiger partial charge in [0.1, 0.15) is 5.82 Å². The molecule has 1 atom stereocenters. The predicted molar refractivity (Wildman–Crippen MR) is 128 cm³/mol. The number of aryl methyl sites for hydroxylation is 1. The van der Waals surface area contributed by atoms with Crippen molar-refractivity contribution in [1.29, 1.82) is 0 Å². The molecule has 174 valence electrons. The molecular weight excluding hydrogens is 441 g/mol. The quantitative estimate of drug-likeness (QED) is 0.492. The van der Waals surface area contributed by atoms with Gasteiger partial charge >= 0.3 is 0 Å². The highest BCUT2D eigenvalue weighted by Crippen LogP contribution is 2.20. The standard InChI is InChI=1S/C25H28FN3O3S/c1-4-18-5-7-19(8-6-18)24(29(2)3)17-27-25(30)20-9-13-22(14-10-20)28-33(31,32)23-15-11-21(26)12-16-23/h5-16,24,28H,4,17H2,1-3H3,(H,27,30). The van der Waals surface area contributed by atoms with E-state index < -0.39 is 15.8 Å². The zero-order chi connectivity index (χ0) is 24.0. The maximum absolute atomic E-state index is 13.1. The highest BCUT2D eigenvalue weighted by Gasteiger charge is 2.17. The van der Waals surface area contributed by atoms with E-state index >= 15 is 0 Å². The van der Waals surface area contributed by atoms with Gasteiger partial charge < -0.3 is 10.2 Å². The van der Waals surface area contributed by atoms with Gasteiger partial charge in [0.05, 0.1) is 10.9 Å². The van der Waals surface area contributed by atoms with Crippen LogP contribution in [0, 0.1) is 5.82 Å². The summed E-state index contributed by atoms with van der Waals surface area (Å²) in [6, 6.07) is 19.1. The second kappa shape index (κ2) is 10.6. The Kier molecular flexibility index (Phi) is 7.84. The van der Waals surface area contributed by atoms with E-state index in [1.54, 1.807) is 12.1 Å². The summed E-state index contributed by atoms with van der Waals surface area (Å²) in [7, 11) is 0.0770. The van der Waals surface area contributed by atoms with Gasteiger partial charge in [-0.2, -0.15) is 0 Å². The summed E-state index contributed by atoms with van der Waals surface area (Å²) in [5.41, 5.74) is 3.09. The maximum atomic E-state index is 13.1. The van der Waals surface area contributed by atoms with Crippen LogP contribution in [0.2, 0.25) is 0 Å². The van der Waals surface area contributed by atoms with Crippen molar-refractivity contribution in [1.82, 2.24) is 10.2 Å². The third-order valence-electron chi connectivity index (χ3n) is 5.38. The molecule has 1 amide bonds. The van der Waals surface area contributed by atoms with Crippen LogP contribution in [0.5, 0.6) is 0 Å². The van der Waals surface area contributed by atoms with Crippen molar-refractivity contribution >= 4 is 21.6 Å². The number of halogens is 1. The second-order valence-corrected chi connectivity index (χ2v) is 9.60. The SMILES string of the molecule is CCc1ccc(C(CNC(=O)c2ccc(NS(=O)(=O)c3ccc(F)cc3)cc2)N(C)C)cc1. The minimum Gasteiger partial charge on any atom is -0.350 e. The normalized spacial score (nSPS) is 12.4. The van der Waals surface area contributed by atoms with Crippen LogP contribution in [0.4, 0.5) is 10.1 Å². The van der Waals surface area contributed by atoms with Gasteiger partial charge in [-0.25, -0.2) is 12.8 Å². The number of likely N-dealkylation sites (N-methyl/N-ethyl adjacent to an activating group) is 1. The number of amides is 1. The zero-order valence-corrected chi connectivity index (χ0v) is 19.7. The van der Waals surface area contributed by atoms with Gasteiger partial charge in [-0.15, -0.1) is 0 Å². The number of rotatable bonds is 9. The molecule has 33 heavy (non-hydrogen) atoms. The third kappa shape index (κ3) is 6.40. The number of nitrogens with zero attached hydrogens (tertiary/aromatic N) is 1. The van der Waals surface area contributed by atoms with E-state index in [4.69, 9.17) is 0 Å². The van der Waals surface area contributed by atoms with Gasteiger partial charge in [0, 0.05) is 17.8 Å². The molecule has 0 bridgehead atoms. The van der Waals surface area contributed by atoms with Crippen LogP contribution in [-0.4, -0.2) is 39.9 Å². The molecule has 8 heteroatoms. The molecule has 0 saturated carbocycles. The first-order chi connectivity index (χ1) is 15.7. The first kappa shape index (κ1) is 24.4. The van der Waals surface area contributed by atoms with Gasteiger partial charge in [-0.3, -0.25) is 9.52 Å². The lowest BCUT2D eigenvalue weighted by Gasteiger charge is -2.25. The Bertz CT molecular complexity index is 1180. The Morgan fingerprint density at radius 2 is 1.55 bits per heavy atom. The van der Waals surface area contributed by atoms with Crippen molar-refractivity contribution in [2.75, 3.05) is 25.4 Å². The lowest BCUT2D eigenvalue weighted by molar-refractivity contribution is 0.0942. The minimum absolute atomic E-state index is 0.0154. The van der Waals surface area contributed by atoms with Gasteiger partial charge in [0.15, 0.2) is 0 Å². The highest BCUT2D eigenvalue weighted by atomic mass is 32.2. The van der Waals surface area contributed by atoms with Crippen molar-refractivity contribution in [2.24, 2.45) is 0 Å². The molecule has 0 radical (unpaired) electrons. The Morgan fingerprint density at radius 3 is 2.09 bits per heavy atom. The third-order valence-corrected chi connectivity index (χ3v) is 6.77. The maximum Gasteiger partial charge on any atom is 0.261 e. The predicted octanol–water partition coefficient (Wildman–Crippen LogP) is 4.22. The molecule has 0 aliphatic heterocycles. The number of carbonyl (C=O) groups excluding carboxylic acids is 1. The van der Waals surface area contributed by atoms with E-state index in [9.17, 15) is 17.6 Å². The smallest absolute Gasteiger partial charge is 0.261 e. The van der Waals surface area contributed by atoms with E-state index in [-0.39, 0.29) is 16.8 Å². The van der Waals surface area contributed by atoms with Gasteiger partial charge in [0.2, 0.25) is 0 Å². The van der Waals surface area contributed by atoms with E-state index in [2.05, 4.69) is 46.1 Å². The molecule has 0 aliphatic carbocycles. The van der Waals surface area contributed by atoms with Gasteiger partial charge in [0.25, 0.3) is 15.9 Å². The van der Waals surface area contributed by atoms with Crippen LogP contribution >= 0.6 is 0 Å². The summed E-state index contributed by atoms with van der Waals surface area (Å²) in [6.45, 7) is 2.54. The lowest BCUT2D eigenvalue weighted by Crippen LogP contribution is -2.34. The summed E-state index contributed by atoms with van der Waals surface area (Å²) in [5.74, 6) is -0.765. The van der Waals surface area contributed by atoms with Crippen LogP contribution in [0.25, 0.3) is 0 Å². The molecular formula is C25H28FN3O3S. The molecule has 2 N–H and O–H groups in total.